The van der Waals surface area contributed by atoms with Gasteiger partial charge in [0, 0.05) is 32.3 Å². The van der Waals surface area contributed by atoms with Crippen molar-refractivity contribution in [3.63, 3.8) is 0 Å². The Kier molecular flexibility index (Phi) is 5.12. The highest BCUT2D eigenvalue weighted by molar-refractivity contribution is 7.89. The SMILES string of the molecule is Cn1cnc(S(=O)(=O)N2C[C@H](NC(=O)C3(C(F)(F)F)CC3)[C@@H](c3ccc(F)cc3)C2)c1. The maximum atomic E-state index is 13.4. The molecule has 2 aliphatic rings. The predicted molar refractivity (Wildman–Crippen MR) is 101 cm³/mol. The number of rotatable bonds is 5. The molecule has 2 heterocycles. The lowest BCUT2D eigenvalue weighted by atomic mass is 9.93. The highest BCUT2D eigenvalue weighted by atomic mass is 32.2. The summed E-state index contributed by atoms with van der Waals surface area (Å²) in [5, 5.41) is 2.23. The molecule has 1 aromatic heterocycles. The van der Waals surface area contributed by atoms with E-state index in [0.717, 1.165) is 4.31 Å². The number of carbonyl (C=O) groups excluding carboxylic acids is 1. The van der Waals surface area contributed by atoms with Crippen molar-refractivity contribution in [2.45, 2.75) is 36.0 Å². The third-order valence-electron chi connectivity index (χ3n) is 5.91. The van der Waals surface area contributed by atoms with Gasteiger partial charge >= 0.3 is 6.18 Å². The molecule has 1 saturated carbocycles. The summed E-state index contributed by atoms with van der Waals surface area (Å²) in [6, 6.07) is 4.33. The van der Waals surface area contributed by atoms with Gasteiger partial charge in [0.2, 0.25) is 5.91 Å². The van der Waals surface area contributed by atoms with Crippen LogP contribution in [0.15, 0.2) is 41.8 Å². The van der Waals surface area contributed by atoms with Gasteiger partial charge in [0.25, 0.3) is 10.0 Å². The van der Waals surface area contributed by atoms with Crippen LogP contribution >= 0.6 is 0 Å². The first kappa shape index (κ1) is 21.8. The minimum atomic E-state index is -4.68. The lowest BCUT2D eigenvalue weighted by Crippen LogP contribution is -2.48. The van der Waals surface area contributed by atoms with Crippen LogP contribution in [0.5, 0.6) is 0 Å². The average Bonchev–Trinajstić information content (AvgIpc) is 3.25. The maximum Gasteiger partial charge on any atom is 0.403 e. The number of aryl methyl sites for hydroxylation is 1. The van der Waals surface area contributed by atoms with Gasteiger partial charge in [-0.2, -0.15) is 17.5 Å². The Bertz CT molecular complexity index is 1090. The number of imidazole rings is 1. The molecule has 1 amide bonds. The molecule has 1 saturated heterocycles. The molecule has 0 bridgehead atoms. The van der Waals surface area contributed by atoms with E-state index in [1.54, 1.807) is 7.05 Å². The summed E-state index contributed by atoms with van der Waals surface area (Å²) >= 11 is 0. The minimum absolute atomic E-state index is 0.0888. The molecule has 7 nitrogen and oxygen atoms in total. The number of nitrogens with one attached hydrogen (secondary N) is 1. The zero-order valence-electron chi connectivity index (χ0n) is 16.4. The molecular weight excluding hydrogens is 440 g/mol. The number of nitrogens with zero attached hydrogens (tertiary/aromatic N) is 3. The molecule has 1 aromatic carbocycles. The highest BCUT2D eigenvalue weighted by Gasteiger charge is 2.68. The highest BCUT2D eigenvalue weighted by Crippen LogP contribution is 2.57. The second-order valence-corrected chi connectivity index (χ2v) is 9.90. The van der Waals surface area contributed by atoms with E-state index in [-0.39, 0.29) is 31.0 Å². The summed E-state index contributed by atoms with van der Waals surface area (Å²) in [4.78, 5) is 16.4. The molecule has 1 aliphatic carbocycles. The third kappa shape index (κ3) is 3.82. The van der Waals surface area contributed by atoms with Crippen LogP contribution in [0.25, 0.3) is 0 Å². The first-order valence-electron chi connectivity index (χ1n) is 9.55. The summed E-state index contributed by atoms with van der Waals surface area (Å²) in [6.45, 7) is -0.310. The number of benzene rings is 1. The average molecular weight is 460 g/mol. The monoisotopic (exact) mass is 460 g/mol. The van der Waals surface area contributed by atoms with Gasteiger partial charge in [-0.25, -0.2) is 17.8 Å². The van der Waals surface area contributed by atoms with E-state index in [0.29, 0.717) is 5.56 Å². The van der Waals surface area contributed by atoms with E-state index < -0.39 is 45.3 Å². The van der Waals surface area contributed by atoms with Crippen LogP contribution < -0.4 is 5.32 Å². The molecule has 31 heavy (non-hydrogen) atoms. The van der Waals surface area contributed by atoms with Crippen LogP contribution in [0.1, 0.15) is 24.3 Å². The molecule has 0 unspecified atom stereocenters. The predicted octanol–water partition coefficient (Wildman–Crippen LogP) is 2.17. The Hall–Kier alpha value is -2.47. The van der Waals surface area contributed by atoms with Crippen LogP contribution in [0.4, 0.5) is 17.6 Å². The lowest BCUT2D eigenvalue weighted by molar-refractivity contribution is -0.192. The third-order valence-corrected chi connectivity index (χ3v) is 7.63. The van der Waals surface area contributed by atoms with Gasteiger partial charge < -0.3 is 9.88 Å². The number of aromatic nitrogens is 2. The Labute approximate surface area is 176 Å². The zero-order valence-corrected chi connectivity index (χ0v) is 17.3. The van der Waals surface area contributed by atoms with Gasteiger partial charge in [-0.1, -0.05) is 12.1 Å². The van der Waals surface area contributed by atoms with Crippen molar-refractivity contribution in [3.05, 3.63) is 48.2 Å². The second-order valence-electron chi connectivity index (χ2n) is 8.02. The van der Waals surface area contributed by atoms with E-state index in [1.807, 2.05) is 0 Å². The lowest BCUT2D eigenvalue weighted by Gasteiger charge is -2.24. The molecular formula is C19H20F4N4O3S. The topological polar surface area (TPSA) is 84.3 Å². The van der Waals surface area contributed by atoms with Crippen molar-refractivity contribution in [1.29, 1.82) is 0 Å². The summed E-state index contributed by atoms with van der Waals surface area (Å²) in [6.07, 6.45) is -2.64. The Morgan fingerprint density at radius 2 is 1.84 bits per heavy atom. The number of sulfonamides is 1. The zero-order chi connectivity index (χ0) is 22.6. The Morgan fingerprint density at radius 3 is 2.35 bits per heavy atom. The molecule has 2 aromatic rings. The van der Waals surface area contributed by atoms with Crippen molar-refractivity contribution in [2.24, 2.45) is 12.5 Å². The van der Waals surface area contributed by atoms with Crippen LogP contribution in [0.3, 0.4) is 0 Å². The Morgan fingerprint density at radius 1 is 1.19 bits per heavy atom. The number of hydrogen-bond donors (Lipinski definition) is 1. The maximum absolute atomic E-state index is 13.4. The van der Waals surface area contributed by atoms with E-state index >= 15 is 0 Å². The first-order valence-corrected chi connectivity index (χ1v) is 11.0. The quantitative estimate of drug-likeness (QED) is 0.694. The minimum Gasteiger partial charge on any atom is -0.351 e. The van der Waals surface area contributed by atoms with Crippen molar-refractivity contribution in [1.82, 2.24) is 19.2 Å². The smallest absolute Gasteiger partial charge is 0.351 e. The molecule has 1 aliphatic heterocycles. The molecule has 12 heteroatoms. The molecule has 0 radical (unpaired) electrons. The van der Waals surface area contributed by atoms with Crippen molar-refractivity contribution < 1.29 is 30.8 Å². The normalized spacial score (nSPS) is 23.6. The molecule has 168 valence electrons. The van der Waals surface area contributed by atoms with Gasteiger partial charge in [-0.15, -0.1) is 0 Å². The van der Waals surface area contributed by atoms with Crippen LogP contribution in [-0.2, 0) is 21.9 Å². The molecule has 2 fully saturated rings. The van der Waals surface area contributed by atoms with Crippen LogP contribution in [-0.4, -0.2) is 53.5 Å². The number of carbonyl (C=O) groups is 1. The largest absolute Gasteiger partial charge is 0.403 e. The standard InChI is InChI=1S/C19H20F4N4O3S/c1-26-10-16(24-11-26)31(29,30)27-8-14(12-2-4-13(20)5-3-12)15(9-27)25-17(28)18(6-7-18)19(21,22)23/h2-5,10-11,14-15H,6-9H2,1H3,(H,25,28)/t14-,15+/m1/s1. The Balaban J connectivity index is 1.63. The van der Waals surface area contributed by atoms with Gasteiger partial charge in [0.05, 0.1) is 12.4 Å². The number of alkyl halides is 3. The van der Waals surface area contributed by atoms with Crippen molar-refractivity contribution in [2.75, 3.05) is 13.1 Å². The van der Waals surface area contributed by atoms with Gasteiger partial charge in [-0.05, 0) is 30.5 Å². The number of amides is 1. The van der Waals surface area contributed by atoms with E-state index in [4.69, 9.17) is 0 Å². The van der Waals surface area contributed by atoms with Crippen molar-refractivity contribution in [3.8, 4) is 0 Å². The van der Waals surface area contributed by atoms with Gasteiger partial charge in [0.15, 0.2) is 5.03 Å². The fourth-order valence-electron chi connectivity index (χ4n) is 3.88. The summed E-state index contributed by atoms with van der Waals surface area (Å²) in [5.41, 5.74) is -1.91. The van der Waals surface area contributed by atoms with E-state index in [9.17, 15) is 30.8 Å². The van der Waals surface area contributed by atoms with Crippen molar-refractivity contribution >= 4 is 15.9 Å². The number of hydrogen-bond acceptors (Lipinski definition) is 4. The molecule has 4 rings (SSSR count). The fraction of sp³-hybridized carbons (Fsp3) is 0.474. The summed E-state index contributed by atoms with van der Waals surface area (Å²) < 4.78 is 81.9. The first-order chi connectivity index (χ1) is 14.4. The molecule has 0 spiro atoms. The van der Waals surface area contributed by atoms with Gasteiger partial charge in [-0.3, -0.25) is 4.79 Å². The summed E-state index contributed by atoms with van der Waals surface area (Å²) in [5.74, 6) is -2.31. The fourth-order valence-corrected chi connectivity index (χ4v) is 5.34. The van der Waals surface area contributed by atoms with Crippen LogP contribution in [0.2, 0.25) is 0 Å². The number of halogens is 4. The summed E-state index contributed by atoms with van der Waals surface area (Å²) in [7, 11) is -2.43. The van der Waals surface area contributed by atoms with Crippen LogP contribution in [0, 0.1) is 11.2 Å². The molecule has 2 atom stereocenters. The molecule has 1 N–H and O–H groups in total. The van der Waals surface area contributed by atoms with Gasteiger partial charge in [0.1, 0.15) is 11.2 Å². The van der Waals surface area contributed by atoms with E-state index in [2.05, 4.69) is 10.3 Å². The van der Waals surface area contributed by atoms with E-state index in [1.165, 1.54) is 41.4 Å². The second kappa shape index (κ2) is 7.30.